The normalized spacial score (nSPS) is 17.7. The Balaban J connectivity index is 1.97. The number of hydrogen-bond acceptors (Lipinski definition) is 7. The highest BCUT2D eigenvalue weighted by molar-refractivity contribution is 7.96. The summed E-state index contributed by atoms with van der Waals surface area (Å²) in [5, 5.41) is 15.8. The van der Waals surface area contributed by atoms with Crippen molar-refractivity contribution in [2.75, 3.05) is 21.3 Å². The van der Waals surface area contributed by atoms with Crippen LogP contribution in [-0.2, 0) is 19.1 Å². The van der Waals surface area contributed by atoms with Crippen LogP contribution in [0.2, 0.25) is 0 Å². The third kappa shape index (κ3) is 5.33. The molecule has 0 aliphatic heterocycles. The molecule has 44 heavy (non-hydrogen) atoms. The van der Waals surface area contributed by atoms with Crippen molar-refractivity contribution < 1.29 is 28.7 Å². The number of methoxy groups -OCH3 is 3. The fraction of sp³-hybridized carbons (Fsp3) is 0.171. The van der Waals surface area contributed by atoms with Crippen LogP contribution in [0.4, 0.5) is 0 Å². The van der Waals surface area contributed by atoms with Crippen LogP contribution in [0.25, 0.3) is 0 Å². The quantitative estimate of drug-likeness (QED) is 0.119. The number of nitrogens with zero attached hydrogens (tertiary/aromatic N) is 1. The molecule has 0 spiro atoms. The zero-order valence-corrected chi connectivity index (χ0v) is 25.4. The number of nitro groups is 1. The summed E-state index contributed by atoms with van der Waals surface area (Å²) in [6, 6.07) is 33.9. The molecule has 4 aromatic rings. The van der Waals surface area contributed by atoms with Crippen molar-refractivity contribution in [2.45, 2.75) is 12.0 Å². The van der Waals surface area contributed by atoms with Gasteiger partial charge in [-0.15, -0.1) is 0 Å². The SMILES string of the molecule is COC(=O)C(C1=C[C@H](C(=O)OC)[C@H](c2ccc(OC)cc2)[C@H]1[N+](=O)[O-])=P(c1ccccc1)(c1ccccc1)c1ccccc1. The van der Waals surface area contributed by atoms with Crippen molar-refractivity contribution >= 4 is 40.0 Å². The van der Waals surface area contributed by atoms with Crippen molar-refractivity contribution in [3.05, 3.63) is 143 Å². The molecular formula is C35H32NO7P. The van der Waals surface area contributed by atoms with Crippen molar-refractivity contribution in [1.29, 1.82) is 0 Å². The van der Waals surface area contributed by atoms with Gasteiger partial charge >= 0.3 is 11.9 Å². The monoisotopic (exact) mass is 609 g/mol. The fourth-order valence-electron chi connectivity index (χ4n) is 6.15. The number of rotatable bonds is 9. The molecule has 0 unspecified atom stereocenters. The van der Waals surface area contributed by atoms with E-state index < -0.39 is 41.6 Å². The van der Waals surface area contributed by atoms with Gasteiger partial charge in [0.05, 0.1) is 38.5 Å². The van der Waals surface area contributed by atoms with E-state index in [4.69, 9.17) is 14.2 Å². The summed E-state index contributed by atoms with van der Waals surface area (Å²) in [7, 11) is 4.05. The van der Waals surface area contributed by atoms with E-state index >= 15 is 0 Å². The third-order valence-corrected chi connectivity index (χ3v) is 12.4. The molecule has 1 aliphatic carbocycles. The number of hydrogen-bond donors (Lipinski definition) is 0. The highest BCUT2D eigenvalue weighted by Gasteiger charge is 2.53. The lowest BCUT2D eigenvalue weighted by atomic mass is 9.84. The van der Waals surface area contributed by atoms with E-state index in [1.54, 1.807) is 30.3 Å². The lowest BCUT2D eigenvalue weighted by Crippen LogP contribution is -2.39. The third-order valence-electron chi connectivity index (χ3n) is 8.02. The minimum Gasteiger partial charge on any atom is -0.497 e. The molecule has 5 rings (SSSR count). The van der Waals surface area contributed by atoms with E-state index in [2.05, 4.69) is 0 Å². The number of carbonyl (C=O) groups excluding carboxylic acids is 2. The predicted octanol–water partition coefficient (Wildman–Crippen LogP) is 4.49. The Hall–Kier alpha value is -4.94. The molecule has 0 radical (unpaired) electrons. The minimum absolute atomic E-state index is 0.142. The molecule has 8 nitrogen and oxygen atoms in total. The first kappa shape index (κ1) is 30.5. The number of esters is 2. The number of benzene rings is 4. The Kier molecular flexibility index (Phi) is 9.12. The Morgan fingerprint density at radius 1 is 0.705 bits per heavy atom. The second kappa shape index (κ2) is 13.1. The van der Waals surface area contributed by atoms with Crippen LogP contribution < -0.4 is 20.7 Å². The summed E-state index contributed by atoms with van der Waals surface area (Å²) in [5.74, 6) is -2.77. The fourth-order valence-corrected chi connectivity index (χ4v) is 10.6. The molecule has 3 atom stereocenters. The molecule has 1 aliphatic rings. The van der Waals surface area contributed by atoms with Crippen molar-refractivity contribution in [3.63, 3.8) is 0 Å². The maximum atomic E-state index is 14.3. The van der Waals surface area contributed by atoms with E-state index in [0.717, 1.165) is 15.9 Å². The summed E-state index contributed by atoms with van der Waals surface area (Å²) in [4.78, 5) is 40.4. The van der Waals surface area contributed by atoms with Gasteiger partial charge in [0.2, 0.25) is 6.04 Å². The molecular weight excluding hydrogens is 577 g/mol. The van der Waals surface area contributed by atoms with Crippen LogP contribution in [0.3, 0.4) is 0 Å². The molecule has 9 heteroatoms. The first-order valence-electron chi connectivity index (χ1n) is 14.0. The van der Waals surface area contributed by atoms with Gasteiger partial charge in [0.15, 0.2) is 0 Å². The summed E-state index contributed by atoms with van der Waals surface area (Å²) in [6.07, 6.45) is 1.55. The Morgan fingerprint density at radius 3 is 1.57 bits per heavy atom. The van der Waals surface area contributed by atoms with Gasteiger partial charge in [-0.05, 0) is 40.5 Å². The molecule has 4 aromatic carbocycles. The largest absolute Gasteiger partial charge is 0.497 e. The highest BCUT2D eigenvalue weighted by Crippen LogP contribution is 2.52. The van der Waals surface area contributed by atoms with Gasteiger partial charge in [-0.2, -0.15) is 0 Å². The number of carbonyl (C=O) groups is 2. The molecule has 224 valence electrons. The maximum absolute atomic E-state index is 14.3. The Labute approximate surface area is 256 Å². The Morgan fingerprint density at radius 2 is 1.18 bits per heavy atom. The van der Waals surface area contributed by atoms with Crippen LogP contribution in [0.15, 0.2) is 127 Å². The second-order valence-corrected chi connectivity index (χ2v) is 13.6. The Bertz CT molecular complexity index is 1630. The molecule has 0 saturated carbocycles. The average molecular weight is 610 g/mol. The van der Waals surface area contributed by atoms with Crippen molar-refractivity contribution in [1.82, 2.24) is 0 Å². The standard InChI is InChI=1S/C35H32NO7P/c1-41-25-21-19-24(20-22-25)31-29(34(37)42-2)23-30(32(31)36(39)40)33(35(38)43-3)44(26-13-7-4-8-14-26,27-15-9-5-10-16-27)28-17-11-6-12-18-28/h4-23,29,31-32H,1-3H3/t29-,31-,32-/m0/s1. The summed E-state index contributed by atoms with van der Waals surface area (Å²) in [6.45, 7) is -3.16. The van der Waals surface area contributed by atoms with Crippen LogP contribution in [0.1, 0.15) is 11.5 Å². The van der Waals surface area contributed by atoms with Gasteiger partial charge in [0.25, 0.3) is 0 Å². The topological polar surface area (TPSA) is 105 Å². The number of ether oxygens (including phenoxy) is 3. The maximum Gasteiger partial charge on any atom is 0.339 e. The smallest absolute Gasteiger partial charge is 0.339 e. The van der Waals surface area contributed by atoms with E-state index in [1.165, 1.54) is 21.3 Å². The molecule has 0 heterocycles. The van der Waals surface area contributed by atoms with E-state index in [-0.39, 0.29) is 10.9 Å². The van der Waals surface area contributed by atoms with Crippen LogP contribution in [-0.4, -0.2) is 49.5 Å². The molecule has 0 bridgehead atoms. The van der Waals surface area contributed by atoms with Crippen molar-refractivity contribution in [3.8, 4) is 5.75 Å². The first-order chi connectivity index (χ1) is 21.4. The highest BCUT2D eigenvalue weighted by atomic mass is 31.2. The van der Waals surface area contributed by atoms with Gasteiger partial charge in [0.1, 0.15) is 5.75 Å². The van der Waals surface area contributed by atoms with Crippen molar-refractivity contribution in [2.24, 2.45) is 5.92 Å². The molecule has 0 N–H and O–H groups in total. The molecule has 0 aromatic heterocycles. The van der Waals surface area contributed by atoms with E-state index in [9.17, 15) is 19.7 Å². The molecule has 0 fully saturated rings. The lowest BCUT2D eigenvalue weighted by Gasteiger charge is -2.33. The lowest BCUT2D eigenvalue weighted by molar-refractivity contribution is -0.514. The van der Waals surface area contributed by atoms with Crippen LogP contribution in [0, 0.1) is 16.0 Å². The zero-order valence-electron chi connectivity index (χ0n) is 24.5. The van der Waals surface area contributed by atoms with E-state index in [1.807, 2.05) is 91.0 Å². The second-order valence-electron chi connectivity index (χ2n) is 10.2. The zero-order chi connectivity index (χ0) is 31.3. The van der Waals surface area contributed by atoms with E-state index in [0.29, 0.717) is 11.3 Å². The average Bonchev–Trinajstić information content (AvgIpc) is 3.48. The van der Waals surface area contributed by atoms with Gasteiger partial charge in [-0.25, -0.2) is 4.79 Å². The van der Waals surface area contributed by atoms with Crippen LogP contribution in [0.5, 0.6) is 5.75 Å². The predicted molar refractivity (Wildman–Crippen MR) is 172 cm³/mol. The molecule has 0 amide bonds. The summed E-state index contributed by atoms with van der Waals surface area (Å²) < 4.78 is 15.9. The van der Waals surface area contributed by atoms with Gasteiger partial charge in [-0.1, -0.05) is 109 Å². The summed E-state index contributed by atoms with van der Waals surface area (Å²) >= 11 is 0. The minimum atomic E-state index is -3.16. The molecule has 0 saturated heterocycles. The first-order valence-corrected chi connectivity index (χ1v) is 15.8. The van der Waals surface area contributed by atoms with Gasteiger partial charge in [0, 0.05) is 10.5 Å². The van der Waals surface area contributed by atoms with Gasteiger partial charge in [-0.3, -0.25) is 14.9 Å². The summed E-state index contributed by atoms with van der Waals surface area (Å²) in [5.41, 5.74) is 0.685. The van der Waals surface area contributed by atoms with Gasteiger partial charge < -0.3 is 14.2 Å². The van der Waals surface area contributed by atoms with Crippen LogP contribution >= 0.6 is 6.89 Å².